The van der Waals surface area contributed by atoms with E-state index >= 15 is 0 Å². The number of primary amides is 1. The van der Waals surface area contributed by atoms with Crippen LogP contribution in [0.2, 0.25) is 0 Å². The summed E-state index contributed by atoms with van der Waals surface area (Å²) in [5, 5.41) is 4.07. The van der Waals surface area contributed by atoms with Gasteiger partial charge in [-0.1, -0.05) is 12.1 Å². The Bertz CT molecular complexity index is 988. The molecule has 140 valence electrons. The van der Waals surface area contributed by atoms with Gasteiger partial charge >= 0.3 is 0 Å². The van der Waals surface area contributed by atoms with Crippen molar-refractivity contribution in [3.8, 4) is 17.2 Å². The topological polar surface area (TPSA) is 95.7 Å². The number of fused-ring (bicyclic) bond motifs is 1. The van der Waals surface area contributed by atoms with Crippen molar-refractivity contribution < 1.29 is 19.0 Å². The molecule has 0 bridgehead atoms. The number of ether oxygens (including phenoxy) is 3. The zero-order valence-corrected chi connectivity index (χ0v) is 15.4. The molecule has 0 aliphatic heterocycles. The van der Waals surface area contributed by atoms with E-state index in [0.717, 1.165) is 11.1 Å². The molecule has 0 atom stereocenters. The monoisotopic (exact) mass is 367 g/mol. The molecule has 0 spiro atoms. The van der Waals surface area contributed by atoms with Crippen LogP contribution in [0.1, 0.15) is 17.4 Å². The number of benzene rings is 2. The second-order valence-electron chi connectivity index (χ2n) is 5.70. The highest BCUT2D eigenvalue weighted by molar-refractivity contribution is 6.01. The molecule has 0 aliphatic rings. The largest absolute Gasteiger partial charge is 0.493 e. The van der Waals surface area contributed by atoms with Gasteiger partial charge in [-0.15, -0.1) is 0 Å². The van der Waals surface area contributed by atoms with Crippen LogP contribution in [0.3, 0.4) is 0 Å². The van der Waals surface area contributed by atoms with E-state index in [1.165, 1.54) is 0 Å². The maximum absolute atomic E-state index is 11.7. The third-order valence-corrected chi connectivity index (χ3v) is 4.02. The highest BCUT2D eigenvalue weighted by Gasteiger charge is 2.15. The van der Waals surface area contributed by atoms with Crippen molar-refractivity contribution in [1.82, 2.24) is 4.98 Å². The van der Waals surface area contributed by atoms with Crippen LogP contribution in [-0.2, 0) is 0 Å². The lowest BCUT2D eigenvalue weighted by atomic mass is 10.1. The van der Waals surface area contributed by atoms with Crippen molar-refractivity contribution in [3.63, 3.8) is 0 Å². The Morgan fingerprint density at radius 1 is 1.04 bits per heavy atom. The Kier molecular flexibility index (Phi) is 5.30. The summed E-state index contributed by atoms with van der Waals surface area (Å²) in [6, 6.07) is 12.7. The average Bonchev–Trinajstić information content (AvgIpc) is 2.68. The number of nitrogens with one attached hydrogen (secondary N) is 1. The first kappa shape index (κ1) is 18.3. The minimum atomic E-state index is -0.618. The molecule has 3 rings (SSSR count). The van der Waals surface area contributed by atoms with E-state index in [1.807, 2.05) is 31.2 Å². The number of pyridine rings is 1. The van der Waals surface area contributed by atoms with Crippen molar-refractivity contribution in [3.05, 3.63) is 48.2 Å². The van der Waals surface area contributed by atoms with Crippen LogP contribution < -0.4 is 25.3 Å². The maximum atomic E-state index is 11.7. The van der Waals surface area contributed by atoms with Crippen LogP contribution in [0.15, 0.2) is 42.5 Å². The Balaban J connectivity index is 2.19. The van der Waals surface area contributed by atoms with Crippen molar-refractivity contribution in [2.75, 3.05) is 26.1 Å². The van der Waals surface area contributed by atoms with Crippen LogP contribution in [0.5, 0.6) is 17.2 Å². The zero-order valence-electron chi connectivity index (χ0n) is 15.4. The standard InChI is InChI=1S/C20H21N3O4/c1-4-27-17-8-6-5-7-13(17)22-14-10-16(20(21)24)23-15-11-19(26-3)18(25-2)9-12(14)15/h5-11H,4H2,1-3H3,(H2,21,24)(H,22,23). The molecular weight excluding hydrogens is 346 g/mol. The summed E-state index contributed by atoms with van der Waals surface area (Å²) in [4.78, 5) is 16.1. The summed E-state index contributed by atoms with van der Waals surface area (Å²) in [7, 11) is 3.10. The highest BCUT2D eigenvalue weighted by atomic mass is 16.5. The van der Waals surface area contributed by atoms with E-state index < -0.39 is 5.91 Å². The van der Waals surface area contributed by atoms with Gasteiger partial charge in [-0.3, -0.25) is 4.79 Å². The first-order valence-electron chi connectivity index (χ1n) is 8.42. The van der Waals surface area contributed by atoms with Crippen LogP contribution in [0, 0.1) is 0 Å². The molecule has 27 heavy (non-hydrogen) atoms. The second-order valence-corrected chi connectivity index (χ2v) is 5.70. The molecule has 1 aromatic heterocycles. The smallest absolute Gasteiger partial charge is 0.267 e. The van der Waals surface area contributed by atoms with Gasteiger partial charge in [0.2, 0.25) is 0 Å². The Morgan fingerprint density at radius 2 is 1.74 bits per heavy atom. The molecule has 0 aliphatic carbocycles. The van der Waals surface area contributed by atoms with E-state index in [9.17, 15) is 4.79 Å². The summed E-state index contributed by atoms with van der Waals surface area (Å²) in [6.45, 7) is 2.45. The van der Waals surface area contributed by atoms with E-state index in [-0.39, 0.29) is 5.69 Å². The molecule has 7 heteroatoms. The fourth-order valence-corrected chi connectivity index (χ4v) is 2.78. The Morgan fingerprint density at radius 3 is 2.41 bits per heavy atom. The van der Waals surface area contributed by atoms with Gasteiger partial charge in [0, 0.05) is 11.5 Å². The molecule has 1 amide bonds. The summed E-state index contributed by atoms with van der Waals surface area (Å²) < 4.78 is 16.4. The fourth-order valence-electron chi connectivity index (χ4n) is 2.78. The minimum absolute atomic E-state index is 0.145. The lowest BCUT2D eigenvalue weighted by molar-refractivity contribution is 0.0996. The summed E-state index contributed by atoms with van der Waals surface area (Å²) in [5.41, 5.74) is 7.58. The molecule has 0 radical (unpaired) electrons. The van der Waals surface area contributed by atoms with Crippen molar-refractivity contribution >= 4 is 28.2 Å². The van der Waals surface area contributed by atoms with Crippen molar-refractivity contribution in [1.29, 1.82) is 0 Å². The van der Waals surface area contributed by atoms with Gasteiger partial charge in [0.25, 0.3) is 5.91 Å². The van der Waals surface area contributed by atoms with Crippen molar-refractivity contribution in [2.24, 2.45) is 5.73 Å². The first-order valence-corrected chi connectivity index (χ1v) is 8.42. The molecule has 0 fully saturated rings. The molecule has 0 unspecified atom stereocenters. The van der Waals surface area contributed by atoms with Gasteiger partial charge in [-0.05, 0) is 31.2 Å². The molecule has 1 heterocycles. The molecule has 7 nitrogen and oxygen atoms in total. The van der Waals surface area contributed by atoms with Crippen LogP contribution in [0.4, 0.5) is 11.4 Å². The lowest BCUT2D eigenvalue weighted by Gasteiger charge is -2.16. The SMILES string of the molecule is CCOc1ccccc1Nc1cc(C(N)=O)nc2cc(OC)c(OC)cc12. The number of aromatic nitrogens is 1. The van der Waals surface area contributed by atoms with E-state index in [2.05, 4.69) is 10.3 Å². The number of hydrogen-bond donors (Lipinski definition) is 2. The van der Waals surface area contributed by atoms with Gasteiger partial charge in [0.05, 0.1) is 37.7 Å². The number of amides is 1. The van der Waals surface area contributed by atoms with Crippen LogP contribution >= 0.6 is 0 Å². The number of carbonyl (C=O) groups excluding carboxylic acids is 1. The van der Waals surface area contributed by atoms with Gasteiger partial charge in [0.15, 0.2) is 11.5 Å². The third-order valence-electron chi connectivity index (χ3n) is 4.02. The molecule has 0 saturated heterocycles. The quantitative estimate of drug-likeness (QED) is 0.664. The number of methoxy groups -OCH3 is 2. The molecule has 0 saturated carbocycles. The molecule has 2 aromatic carbocycles. The number of hydrogen-bond acceptors (Lipinski definition) is 6. The van der Waals surface area contributed by atoms with E-state index in [4.69, 9.17) is 19.9 Å². The Hall–Kier alpha value is -3.48. The Labute approximate surface area is 157 Å². The van der Waals surface area contributed by atoms with E-state index in [1.54, 1.807) is 32.4 Å². The van der Waals surface area contributed by atoms with Gasteiger partial charge < -0.3 is 25.3 Å². The van der Waals surface area contributed by atoms with Gasteiger partial charge in [-0.25, -0.2) is 4.98 Å². The predicted molar refractivity (Wildman–Crippen MR) is 104 cm³/mol. The minimum Gasteiger partial charge on any atom is -0.493 e. The van der Waals surface area contributed by atoms with Crippen LogP contribution in [-0.4, -0.2) is 31.7 Å². The van der Waals surface area contributed by atoms with E-state index in [0.29, 0.717) is 35.1 Å². The number of nitrogens with two attached hydrogens (primary N) is 1. The summed E-state index contributed by atoms with van der Waals surface area (Å²) >= 11 is 0. The number of nitrogens with zero attached hydrogens (tertiary/aromatic N) is 1. The second kappa shape index (κ2) is 7.82. The predicted octanol–water partition coefficient (Wildman–Crippen LogP) is 3.49. The summed E-state index contributed by atoms with van der Waals surface area (Å²) in [6.07, 6.45) is 0. The van der Waals surface area contributed by atoms with Crippen LogP contribution in [0.25, 0.3) is 10.9 Å². The maximum Gasteiger partial charge on any atom is 0.267 e. The lowest BCUT2D eigenvalue weighted by Crippen LogP contribution is -2.13. The first-order chi connectivity index (χ1) is 13.1. The average molecular weight is 367 g/mol. The number of para-hydroxylation sites is 2. The normalized spacial score (nSPS) is 10.5. The third kappa shape index (κ3) is 3.72. The van der Waals surface area contributed by atoms with Crippen molar-refractivity contribution in [2.45, 2.75) is 6.92 Å². The number of rotatable bonds is 7. The highest BCUT2D eigenvalue weighted by Crippen LogP contribution is 2.37. The fraction of sp³-hybridized carbons (Fsp3) is 0.200. The summed E-state index contributed by atoms with van der Waals surface area (Å²) in [5.74, 6) is 1.15. The van der Waals surface area contributed by atoms with Gasteiger partial charge in [-0.2, -0.15) is 0 Å². The molecular formula is C20H21N3O4. The van der Waals surface area contributed by atoms with Gasteiger partial charge in [0.1, 0.15) is 11.4 Å². The zero-order chi connectivity index (χ0) is 19.4. The number of anilines is 2. The molecule has 3 aromatic rings. The number of carbonyl (C=O) groups is 1. The molecule has 3 N–H and O–H groups in total.